The van der Waals surface area contributed by atoms with Crippen LogP contribution in [-0.4, -0.2) is 29.8 Å². The van der Waals surface area contributed by atoms with Gasteiger partial charge in [0.2, 0.25) is 0 Å². The number of nitrogens with zero attached hydrogens (tertiary/aromatic N) is 1. The largest absolute Gasteiger partial charge is 0.496 e. The molecule has 0 saturated carbocycles. The number of carbonyl (C=O) groups excluding carboxylic acids is 1. The lowest BCUT2D eigenvalue weighted by atomic mass is 10.00. The summed E-state index contributed by atoms with van der Waals surface area (Å²) in [5.41, 5.74) is 1.50. The van der Waals surface area contributed by atoms with Crippen molar-refractivity contribution in [1.82, 2.24) is 15.5 Å². The Kier molecular flexibility index (Phi) is 4.79. The predicted octanol–water partition coefficient (Wildman–Crippen LogP) is 2.71. The number of aromatic nitrogens is 2. The fourth-order valence-electron chi connectivity index (χ4n) is 1.95. The zero-order valence-corrected chi connectivity index (χ0v) is 12.9. The summed E-state index contributed by atoms with van der Waals surface area (Å²) in [5.74, 6) is 0.796. The molecular formula is C14H16BrN3O2. The van der Waals surface area contributed by atoms with E-state index in [2.05, 4.69) is 31.4 Å². The van der Waals surface area contributed by atoms with Gasteiger partial charge in [-0.05, 0) is 27.6 Å². The van der Waals surface area contributed by atoms with Crippen LogP contribution in [-0.2, 0) is 0 Å². The number of benzene rings is 1. The average molecular weight is 338 g/mol. The van der Waals surface area contributed by atoms with Crippen molar-refractivity contribution < 1.29 is 9.53 Å². The molecule has 0 saturated heterocycles. The van der Waals surface area contributed by atoms with Crippen molar-refractivity contribution >= 4 is 21.8 Å². The average Bonchev–Trinajstić information content (AvgIpc) is 2.90. The minimum absolute atomic E-state index is 0.150. The molecule has 20 heavy (non-hydrogen) atoms. The van der Waals surface area contributed by atoms with Crippen molar-refractivity contribution in [3.63, 3.8) is 0 Å². The second kappa shape index (κ2) is 6.56. The zero-order valence-electron chi connectivity index (χ0n) is 11.3. The van der Waals surface area contributed by atoms with Gasteiger partial charge < -0.3 is 10.1 Å². The van der Waals surface area contributed by atoms with Crippen molar-refractivity contribution in [2.24, 2.45) is 0 Å². The van der Waals surface area contributed by atoms with E-state index in [0.717, 1.165) is 11.3 Å². The van der Waals surface area contributed by atoms with Gasteiger partial charge in [0.05, 0.1) is 17.8 Å². The van der Waals surface area contributed by atoms with Gasteiger partial charge in [0.25, 0.3) is 5.91 Å². The lowest BCUT2D eigenvalue weighted by molar-refractivity contribution is 0.0945. The first-order valence-electron chi connectivity index (χ1n) is 6.23. The van der Waals surface area contributed by atoms with E-state index in [1.165, 1.54) is 0 Å². The Morgan fingerprint density at radius 1 is 1.50 bits per heavy atom. The summed E-state index contributed by atoms with van der Waals surface area (Å²) < 4.78 is 5.98. The lowest BCUT2D eigenvalue weighted by Gasteiger charge is -2.16. The maximum Gasteiger partial charge on any atom is 0.270 e. The number of para-hydroxylation sites is 1. The number of hydrogen-bond donors (Lipinski definition) is 2. The highest BCUT2D eigenvalue weighted by Crippen LogP contribution is 2.25. The summed E-state index contributed by atoms with van der Waals surface area (Å²) in [6.07, 6.45) is 1.55. The van der Waals surface area contributed by atoms with Gasteiger partial charge in [-0.25, -0.2) is 0 Å². The van der Waals surface area contributed by atoms with Crippen molar-refractivity contribution in [3.8, 4) is 5.75 Å². The zero-order chi connectivity index (χ0) is 14.5. The minimum atomic E-state index is -0.184. The molecule has 6 heteroatoms. The van der Waals surface area contributed by atoms with E-state index in [4.69, 9.17) is 4.74 Å². The highest BCUT2D eigenvalue weighted by molar-refractivity contribution is 9.10. The van der Waals surface area contributed by atoms with Crippen LogP contribution in [0.15, 0.2) is 34.9 Å². The van der Waals surface area contributed by atoms with Gasteiger partial charge in [-0.1, -0.05) is 25.1 Å². The monoisotopic (exact) mass is 337 g/mol. The first-order valence-corrected chi connectivity index (χ1v) is 7.02. The van der Waals surface area contributed by atoms with E-state index in [0.29, 0.717) is 16.7 Å². The van der Waals surface area contributed by atoms with Crippen LogP contribution in [0, 0.1) is 0 Å². The van der Waals surface area contributed by atoms with Crippen LogP contribution in [0.4, 0.5) is 0 Å². The summed E-state index contributed by atoms with van der Waals surface area (Å²) >= 11 is 3.27. The molecule has 0 aliphatic rings. The normalized spacial score (nSPS) is 11.9. The molecule has 2 rings (SSSR count). The maximum absolute atomic E-state index is 12.0. The van der Waals surface area contributed by atoms with E-state index in [1.54, 1.807) is 13.3 Å². The molecule has 0 bridgehead atoms. The fourth-order valence-corrected chi connectivity index (χ4v) is 2.32. The molecule has 1 atom stereocenters. The maximum atomic E-state index is 12.0. The number of H-pyrrole nitrogens is 1. The Hall–Kier alpha value is -1.82. The van der Waals surface area contributed by atoms with E-state index in [1.807, 2.05) is 31.2 Å². The second-order valence-corrected chi connectivity index (χ2v) is 5.30. The minimum Gasteiger partial charge on any atom is -0.496 e. The molecule has 0 aliphatic heterocycles. The first-order chi connectivity index (χ1) is 9.63. The van der Waals surface area contributed by atoms with Gasteiger partial charge in [0.15, 0.2) is 0 Å². The van der Waals surface area contributed by atoms with E-state index < -0.39 is 0 Å². The highest BCUT2D eigenvalue weighted by Gasteiger charge is 2.15. The molecular weight excluding hydrogens is 322 g/mol. The molecule has 0 radical (unpaired) electrons. The van der Waals surface area contributed by atoms with Gasteiger partial charge in [0, 0.05) is 12.5 Å². The van der Waals surface area contributed by atoms with Crippen molar-refractivity contribution in [3.05, 3.63) is 46.2 Å². The third-order valence-corrected chi connectivity index (χ3v) is 3.66. The number of nitrogens with one attached hydrogen (secondary N) is 2. The highest BCUT2D eigenvalue weighted by atomic mass is 79.9. The lowest BCUT2D eigenvalue weighted by Crippen LogP contribution is -2.28. The Balaban J connectivity index is 2.00. The van der Waals surface area contributed by atoms with E-state index >= 15 is 0 Å². The standard InChI is InChI=1S/C14H16BrN3O2/c1-9(10-5-3-4-6-12(10)20-2)7-16-14(19)13-11(15)8-17-18-13/h3-6,8-9H,7H2,1-2H3,(H,16,19)(H,17,18)/t9-/m0/s1. The number of halogens is 1. The van der Waals surface area contributed by atoms with Gasteiger partial charge in [-0.15, -0.1) is 0 Å². The van der Waals surface area contributed by atoms with Crippen LogP contribution in [0.2, 0.25) is 0 Å². The SMILES string of the molecule is COc1ccccc1[C@@H](C)CNC(=O)c1[nH]ncc1Br. The number of amides is 1. The smallest absolute Gasteiger partial charge is 0.270 e. The van der Waals surface area contributed by atoms with Crippen LogP contribution in [0.3, 0.4) is 0 Å². The third-order valence-electron chi connectivity index (χ3n) is 3.06. The van der Waals surface area contributed by atoms with Crippen molar-refractivity contribution in [1.29, 1.82) is 0 Å². The van der Waals surface area contributed by atoms with Crippen molar-refractivity contribution in [2.45, 2.75) is 12.8 Å². The molecule has 0 unspecified atom stereocenters. The topological polar surface area (TPSA) is 67.0 Å². The summed E-state index contributed by atoms with van der Waals surface area (Å²) in [4.78, 5) is 12.0. The molecule has 1 heterocycles. The number of ether oxygens (including phenoxy) is 1. The summed E-state index contributed by atoms with van der Waals surface area (Å²) in [6, 6.07) is 7.80. The van der Waals surface area contributed by atoms with Crippen LogP contribution in [0.1, 0.15) is 28.9 Å². The Labute approximate surface area is 125 Å². The Bertz CT molecular complexity index is 598. The molecule has 2 aromatic rings. The first kappa shape index (κ1) is 14.6. The number of hydrogen-bond acceptors (Lipinski definition) is 3. The van der Waals surface area contributed by atoms with Gasteiger partial charge in [-0.2, -0.15) is 5.10 Å². The molecule has 5 nitrogen and oxygen atoms in total. The molecule has 1 amide bonds. The number of rotatable bonds is 5. The van der Waals surface area contributed by atoms with Gasteiger partial charge in [0.1, 0.15) is 11.4 Å². The summed E-state index contributed by atoms with van der Waals surface area (Å²) in [5, 5.41) is 9.34. The second-order valence-electron chi connectivity index (χ2n) is 4.45. The Morgan fingerprint density at radius 2 is 2.25 bits per heavy atom. The summed E-state index contributed by atoms with van der Waals surface area (Å²) in [7, 11) is 1.64. The van der Waals surface area contributed by atoms with Gasteiger partial charge >= 0.3 is 0 Å². The molecule has 0 fully saturated rings. The van der Waals surface area contributed by atoms with Crippen LogP contribution in [0.5, 0.6) is 5.75 Å². The molecule has 0 spiro atoms. The molecule has 2 N–H and O–H groups in total. The number of methoxy groups -OCH3 is 1. The number of carbonyl (C=O) groups is 1. The molecule has 106 valence electrons. The fraction of sp³-hybridized carbons (Fsp3) is 0.286. The summed E-state index contributed by atoms with van der Waals surface area (Å²) in [6.45, 7) is 2.56. The predicted molar refractivity (Wildman–Crippen MR) is 80.0 cm³/mol. The Morgan fingerprint density at radius 3 is 2.90 bits per heavy atom. The van der Waals surface area contributed by atoms with Crippen molar-refractivity contribution in [2.75, 3.05) is 13.7 Å². The van der Waals surface area contributed by atoms with Crippen LogP contribution < -0.4 is 10.1 Å². The molecule has 1 aromatic carbocycles. The third kappa shape index (κ3) is 3.19. The molecule has 0 aliphatic carbocycles. The molecule has 1 aromatic heterocycles. The van der Waals surface area contributed by atoms with Crippen LogP contribution >= 0.6 is 15.9 Å². The van der Waals surface area contributed by atoms with Crippen LogP contribution in [0.25, 0.3) is 0 Å². The van der Waals surface area contributed by atoms with Gasteiger partial charge in [-0.3, -0.25) is 9.89 Å². The number of aromatic amines is 1. The van der Waals surface area contributed by atoms with E-state index in [-0.39, 0.29) is 11.8 Å². The van der Waals surface area contributed by atoms with E-state index in [9.17, 15) is 4.79 Å². The quantitative estimate of drug-likeness (QED) is 0.881.